The molecule has 0 radical (unpaired) electrons. The highest BCUT2D eigenvalue weighted by Crippen LogP contribution is 2.07. The lowest BCUT2D eigenvalue weighted by molar-refractivity contribution is 0.0535. The van der Waals surface area contributed by atoms with Crippen LogP contribution in [0.25, 0.3) is 0 Å². The van der Waals surface area contributed by atoms with Gasteiger partial charge in [-0.05, 0) is 45.0 Å². The van der Waals surface area contributed by atoms with Crippen LogP contribution < -0.4 is 16.6 Å². The van der Waals surface area contributed by atoms with E-state index in [1.807, 2.05) is 45.0 Å². The number of amides is 1. The number of rotatable bonds is 2. The number of hydrogen-bond donors (Lipinski definition) is 3. The zero-order chi connectivity index (χ0) is 14.3. The molecule has 0 spiro atoms. The molecule has 0 aliphatic rings. The van der Waals surface area contributed by atoms with Crippen molar-refractivity contribution < 1.29 is 9.53 Å². The Morgan fingerprint density at radius 2 is 1.95 bits per heavy atom. The molecule has 5 heteroatoms. The summed E-state index contributed by atoms with van der Waals surface area (Å²) in [5, 5.41) is 2.56. The summed E-state index contributed by atoms with van der Waals surface area (Å²) in [6.07, 6.45) is -0.468. The first-order valence-electron chi connectivity index (χ1n) is 5.93. The maximum absolute atomic E-state index is 11.3. The van der Waals surface area contributed by atoms with E-state index in [1.54, 1.807) is 0 Å². The highest BCUT2D eigenvalue weighted by molar-refractivity contribution is 5.68. The molecule has 0 unspecified atom stereocenters. The minimum absolute atomic E-state index is 0.242. The van der Waals surface area contributed by atoms with Crippen LogP contribution in [0.4, 0.5) is 10.5 Å². The van der Waals surface area contributed by atoms with E-state index in [2.05, 4.69) is 22.6 Å². The molecule has 19 heavy (non-hydrogen) atoms. The van der Waals surface area contributed by atoms with Crippen molar-refractivity contribution in [2.24, 2.45) is 5.84 Å². The van der Waals surface area contributed by atoms with E-state index in [4.69, 9.17) is 10.6 Å². The predicted octanol–water partition coefficient (Wildman–Crippen LogP) is 1.85. The summed E-state index contributed by atoms with van der Waals surface area (Å²) in [6, 6.07) is 7.34. The molecule has 0 saturated carbocycles. The molecular weight excluding hydrogens is 242 g/mol. The fraction of sp³-hybridized carbons (Fsp3) is 0.357. The van der Waals surface area contributed by atoms with Gasteiger partial charge in [0.15, 0.2) is 0 Å². The molecule has 0 aliphatic heterocycles. The fourth-order valence-corrected chi connectivity index (χ4v) is 1.23. The van der Waals surface area contributed by atoms with Crippen molar-refractivity contribution in [3.63, 3.8) is 0 Å². The van der Waals surface area contributed by atoms with E-state index in [0.29, 0.717) is 0 Å². The van der Waals surface area contributed by atoms with Crippen LogP contribution in [0.2, 0.25) is 0 Å². The number of carbonyl (C=O) groups excluding carboxylic acids is 1. The Morgan fingerprint density at radius 3 is 2.47 bits per heavy atom. The average molecular weight is 261 g/mol. The summed E-state index contributed by atoms with van der Waals surface area (Å²) in [5.74, 6) is 11.0. The largest absolute Gasteiger partial charge is 0.444 e. The van der Waals surface area contributed by atoms with Crippen LogP contribution in [0.1, 0.15) is 26.3 Å². The van der Waals surface area contributed by atoms with Crippen LogP contribution in [-0.2, 0) is 4.74 Å². The Kier molecular flexibility index (Phi) is 5.22. The van der Waals surface area contributed by atoms with Crippen molar-refractivity contribution in [3.05, 3.63) is 29.8 Å². The first-order valence-corrected chi connectivity index (χ1v) is 5.93. The summed E-state index contributed by atoms with van der Waals surface area (Å²) in [4.78, 5) is 11.3. The second-order valence-corrected chi connectivity index (χ2v) is 4.88. The van der Waals surface area contributed by atoms with Gasteiger partial charge in [-0.2, -0.15) is 0 Å². The third-order valence-electron chi connectivity index (χ3n) is 2.00. The molecule has 0 bridgehead atoms. The van der Waals surface area contributed by atoms with Crippen LogP contribution in [0.15, 0.2) is 24.3 Å². The van der Waals surface area contributed by atoms with Crippen LogP contribution in [0, 0.1) is 11.8 Å². The number of anilines is 1. The monoisotopic (exact) mass is 261 g/mol. The van der Waals surface area contributed by atoms with Gasteiger partial charge in [0.05, 0.1) is 6.54 Å². The number of alkyl carbamates (subject to hydrolysis) is 1. The van der Waals surface area contributed by atoms with Crippen molar-refractivity contribution in [1.29, 1.82) is 0 Å². The van der Waals surface area contributed by atoms with Gasteiger partial charge < -0.3 is 15.5 Å². The van der Waals surface area contributed by atoms with E-state index < -0.39 is 11.7 Å². The molecule has 1 rings (SSSR count). The standard InChI is InChI=1S/C14H19N3O2/c1-14(2,3)19-13(18)16-10-4-5-11-6-8-12(17-15)9-7-11/h6-9,17H,10,15H2,1-3H3,(H,16,18). The molecule has 0 aliphatic carbocycles. The molecule has 0 atom stereocenters. The Morgan fingerprint density at radius 1 is 1.32 bits per heavy atom. The van der Waals surface area contributed by atoms with E-state index in [0.717, 1.165) is 11.3 Å². The van der Waals surface area contributed by atoms with Crippen LogP contribution in [-0.4, -0.2) is 18.2 Å². The number of nitrogen functional groups attached to an aromatic ring is 1. The third kappa shape index (κ3) is 6.34. The molecule has 0 saturated heterocycles. The van der Waals surface area contributed by atoms with E-state index >= 15 is 0 Å². The smallest absolute Gasteiger partial charge is 0.408 e. The fourth-order valence-electron chi connectivity index (χ4n) is 1.23. The van der Waals surface area contributed by atoms with E-state index in [9.17, 15) is 4.79 Å². The summed E-state index contributed by atoms with van der Waals surface area (Å²) >= 11 is 0. The number of benzene rings is 1. The van der Waals surface area contributed by atoms with Crippen LogP contribution in [0.5, 0.6) is 0 Å². The molecule has 4 N–H and O–H groups in total. The number of hydrazine groups is 1. The number of ether oxygens (including phenoxy) is 1. The highest BCUT2D eigenvalue weighted by Gasteiger charge is 2.14. The second-order valence-electron chi connectivity index (χ2n) is 4.88. The zero-order valence-electron chi connectivity index (χ0n) is 11.4. The van der Waals surface area contributed by atoms with Gasteiger partial charge >= 0.3 is 6.09 Å². The molecule has 0 aromatic heterocycles. The Bertz CT molecular complexity index is 478. The molecule has 102 valence electrons. The number of nitrogens with two attached hydrogens (primary N) is 1. The lowest BCUT2D eigenvalue weighted by Gasteiger charge is -2.18. The molecule has 0 heterocycles. The molecule has 1 aromatic carbocycles. The molecule has 1 amide bonds. The highest BCUT2D eigenvalue weighted by atomic mass is 16.6. The lowest BCUT2D eigenvalue weighted by atomic mass is 10.2. The summed E-state index contributed by atoms with van der Waals surface area (Å²) in [5.41, 5.74) is 3.71. The number of carbonyl (C=O) groups is 1. The third-order valence-corrected chi connectivity index (χ3v) is 2.00. The Balaban J connectivity index is 2.40. The summed E-state index contributed by atoms with van der Waals surface area (Å²) in [7, 11) is 0. The minimum Gasteiger partial charge on any atom is -0.444 e. The normalized spacial score (nSPS) is 10.1. The topological polar surface area (TPSA) is 76.4 Å². The van der Waals surface area contributed by atoms with Gasteiger partial charge in [-0.15, -0.1) is 0 Å². The zero-order valence-corrected chi connectivity index (χ0v) is 11.4. The van der Waals surface area contributed by atoms with Crippen molar-refractivity contribution in [1.82, 2.24) is 5.32 Å². The quantitative estimate of drug-likeness (QED) is 0.431. The van der Waals surface area contributed by atoms with Gasteiger partial charge in [0.25, 0.3) is 0 Å². The predicted molar refractivity (Wildman–Crippen MR) is 75.4 cm³/mol. The van der Waals surface area contributed by atoms with Crippen molar-refractivity contribution >= 4 is 11.8 Å². The van der Waals surface area contributed by atoms with E-state index in [-0.39, 0.29) is 6.54 Å². The maximum Gasteiger partial charge on any atom is 0.408 e. The van der Waals surface area contributed by atoms with Gasteiger partial charge in [-0.3, -0.25) is 5.84 Å². The molecule has 1 aromatic rings. The molecule has 0 fully saturated rings. The average Bonchev–Trinajstić information content (AvgIpc) is 2.33. The van der Waals surface area contributed by atoms with Gasteiger partial charge in [0.2, 0.25) is 0 Å². The minimum atomic E-state index is -0.497. The van der Waals surface area contributed by atoms with Gasteiger partial charge in [-0.1, -0.05) is 11.8 Å². The van der Waals surface area contributed by atoms with E-state index in [1.165, 1.54) is 0 Å². The first-order chi connectivity index (χ1) is 8.90. The first kappa shape index (κ1) is 14.9. The SMILES string of the molecule is CC(C)(C)OC(=O)NCC#Cc1ccc(NN)cc1. The van der Waals surface area contributed by atoms with Crippen LogP contribution in [0.3, 0.4) is 0 Å². The number of nitrogens with one attached hydrogen (secondary N) is 2. The summed E-state index contributed by atoms with van der Waals surface area (Å²) in [6.45, 7) is 5.67. The Labute approximate surface area is 113 Å². The van der Waals surface area contributed by atoms with Gasteiger partial charge in [0.1, 0.15) is 5.60 Å². The van der Waals surface area contributed by atoms with Crippen molar-refractivity contribution in [3.8, 4) is 11.8 Å². The van der Waals surface area contributed by atoms with Crippen molar-refractivity contribution in [2.45, 2.75) is 26.4 Å². The maximum atomic E-state index is 11.3. The molecule has 5 nitrogen and oxygen atoms in total. The lowest BCUT2D eigenvalue weighted by Crippen LogP contribution is -2.32. The van der Waals surface area contributed by atoms with Gasteiger partial charge in [-0.25, -0.2) is 4.79 Å². The Hall–Kier alpha value is -2.19. The van der Waals surface area contributed by atoms with Crippen molar-refractivity contribution in [2.75, 3.05) is 12.0 Å². The summed E-state index contributed by atoms with van der Waals surface area (Å²) < 4.78 is 5.08. The number of hydrogen-bond acceptors (Lipinski definition) is 4. The van der Waals surface area contributed by atoms with Crippen LogP contribution >= 0.6 is 0 Å². The molecular formula is C14H19N3O2. The van der Waals surface area contributed by atoms with Gasteiger partial charge in [0, 0.05) is 11.3 Å². The second kappa shape index (κ2) is 6.66.